The Morgan fingerprint density at radius 2 is 1.71 bits per heavy atom. The molecular weight excluding hydrogens is 264 g/mol. The van der Waals surface area contributed by atoms with Crippen molar-refractivity contribution in [3.63, 3.8) is 0 Å². The lowest BCUT2D eigenvalue weighted by molar-refractivity contribution is 0.261. The molecule has 0 atom stereocenters. The Bertz CT molecular complexity index is 444. The van der Waals surface area contributed by atoms with E-state index in [2.05, 4.69) is 56.8 Å². The second-order valence-electron chi connectivity index (χ2n) is 6.62. The summed E-state index contributed by atoms with van der Waals surface area (Å²) in [6.45, 7) is 14.2. The predicted octanol–water partition coefficient (Wildman–Crippen LogP) is 3.68. The van der Waals surface area contributed by atoms with E-state index in [9.17, 15) is 0 Å². The number of aromatic nitrogens is 2. The first-order chi connectivity index (χ1) is 9.81. The Hall–Kier alpha value is -1.52. The van der Waals surface area contributed by atoms with Crippen LogP contribution in [0.15, 0.2) is 0 Å². The monoisotopic (exact) mass is 294 g/mol. The Labute approximate surface area is 128 Å². The van der Waals surface area contributed by atoms with Gasteiger partial charge in [0.05, 0.1) is 6.61 Å². The van der Waals surface area contributed by atoms with Crippen molar-refractivity contribution >= 4 is 11.5 Å². The van der Waals surface area contributed by atoms with Crippen molar-refractivity contribution in [2.75, 3.05) is 24.2 Å². The van der Waals surface area contributed by atoms with Gasteiger partial charge in [-0.3, -0.25) is 0 Å². The van der Waals surface area contributed by atoms with Gasteiger partial charge < -0.3 is 15.8 Å². The van der Waals surface area contributed by atoms with Crippen molar-refractivity contribution in [3.05, 3.63) is 5.82 Å². The smallest absolute Gasteiger partial charge is 0.242 e. The molecule has 120 valence electrons. The van der Waals surface area contributed by atoms with Crippen LogP contribution in [0.3, 0.4) is 0 Å². The fourth-order valence-corrected chi connectivity index (χ4v) is 1.69. The Morgan fingerprint density at radius 3 is 2.24 bits per heavy atom. The molecule has 0 bridgehead atoms. The Kier molecular flexibility index (Phi) is 6.72. The van der Waals surface area contributed by atoms with Crippen molar-refractivity contribution in [1.29, 1.82) is 0 Å². The van der Waals surface area contributed by atoms with E-state index in [1.54, 1.807) is 0 Å². The molecule has 5 heteroatoms. The van der Waals surface area contributed by atoms with Crippen LogP contribution in [0.1, 0.15) is 59.7 Å². The second-order valence-corrected chi connectivity index (χ2v) is 6.62. The van der Waals surface area contributed by atoms with Gasteiger partial charge in [-0.15, -0.1) is 0 Å². The summed E-state index contributed by atoms with van der Waals surface area (Å²) in [7, 11) is 0. The van der Waals surface area contributed by atoms with Crippen molar-refractivity contribution in [1.82, 2.24) is 9.97 Å². The van der Waals surface area contributed by atoms with E-state index >= 15 is 0 Å². The first-order valence-electron chi connectivity index (χ1n) is 7.85. The van der Waals surface area contributed by atoms with Crippen LogP contribution in [0.4, 0.5) is 11.5 Å². The van der Waals surface area contributed by atoms with Gasteiger partial charge in [-0.2, -0.15) is 4.98 Å². The van der Waals surface area contributed by atoms with Crippen molar-refractivity contribution in [2.24, 2.45) is 11.8 Å². The van der Waals surface area contributed by atoms with Crippen LogP contribution >= 0.6 is 0 Å². The van der Waals surface area contributed by atoms with Gasteiger partial charge in [0.1, 0.15) is 11.5 Å². The zero-order chi connectivity index (χ0) is 16.0. The molecule has 0 unspecified atom stereocenters. The van der Waals surface area contributed by atoms with Crippen LogP contribution in [0.2, 0.25) is 0 Å². The minimum Gasteiger partial charge on any atom is -0.476 e. The van der Waals surface area contributed by atoms with Crippen LogP contribution < -0.4 is 15.8 Å². The molecule has 21 heavy (non-hydrogen) atoms. The van der Waals surface area contributed by atoms with Crippen LogP contribution in [0.25, 0.3) is 0 Å². The molecule has 1 aromatic rings. The topological polar surface area (TPSA) is 73.1 Å². The molecule has 1 aromatic heterocycles. The van der Waals surface area contributed by atoms with Gasteiger partial charge in [0.2, 0.25) is 5.88 Å². The number of ether oxygens (including phenoxy) is 1. The fraction of sp³-hybridized carbons (Fsp3) is 0.750. The maximum atomic E-state index is 6.14. The van der Waals surface area contributed by atoms with Gasteiger partial charge in [-0.25, -0.2) is 4.98 Å². The molecule has 1 rings (SSSR count). The highest BCUT2D eigenvalue weighted by Gasteiger charge is 2.15. The lowest BCUT2D eigenvalue weighted by Crippen LogP contribution is -2.14. The van der Waals surface area contributed by atoms with Crippen LogP contribution in [0, 0.1) is 11.8 Å². The lowest BCUT2D eigenvalue weighted by atomic mass is 10.1. The average Bonchev–Trinajstić information content (AvgIpc) is 2.38. The molecule has 0 aliphatic heterocycles. The van der Waals surface area contributed by atoms with E-state index in [0.29, 0.717) is 35.8 Å². The summed E-state index contributed by atoms with van der Waals surface area (Å²) in [4.78, 5) is 8.98. The molecule has 0 aliphatic rings. The SMILES string of the molecule is CC(C)CCNc1nc(C(C)C)nc(OCC(C)C)c1N. The number of rotatable bonds is 8. The van der Waals surface area contributed by atoms with E-state index in [-0.39, 0.29) is 5.92 Å². The van der Waals surface area contributed by atoms with E-state index in [4.69, 9.17) is 10.5 Å². The molecule has 0 aromatic carbocycles. The number of nitrogens with two attached hydrogens (primary N) is 1. The third-order valence-corrected chi connectivity index (χ3v) is 3.01. The highest BCUT2D eigenvalue weighted by atomic mass is 16.5. The van der Waals surface area contributed by atoms with Crippen molar-refractivity contribution in [3.8, 4) is 5.88 Å². The number of hydrogen-bond acceptors (Lipinski definition) is 5. The largest absolute Gasteiger partial charge is 0.476 e. The van der Waals surface area contributed by atoms with E-state index in [0.717, 1.165) is 18.8 Å². The molecule has 0 spiro atoms. The summed E-state index contributed by atoms with van der Waals surface area (Å²) in [5.41, 5.74) is 6.65. The minimum atomic E-state index is 0.234. The Morgan fingerprint density at radius 1 is 1.05 bits per heavy atom. The fourth-order valence-electron chi connectivity index (χ4n) is 1.69. The van der Waals surface area contributed by atoms with Crippen LogP contribution in [-0.4, -0.2) is 23.1 Å². The van der Waals surface area contributed by atoms with Crippen molar-refractivity contribution < 1.29 is 4.74 Å². The first-order valence-corrected chi connectivity index (χ1v) is 7.85. The number of nitrogens with one attached hydrogen (secondary N) is 1. The standard InChI is InChI=1S/C16H30N4O/c1-10(2)7-8-18-15-13(17)16(21-9-11(3)4)20-14(19-15)12(5)6/h10-12H,7-9,17H2,1-6H3,(H,18,19,20). The summed E-state index contributed by atoms with van der Waals surface area (Å²) >= 11 is 0. The number of anilines is 2. The van der Waals surface area contributed by atoms with E-state index in [1.165, 1.54) is 0 Å². The third-order valence-electron chi connectivity index (χ3n) is 3.01. The molecule has 5 nitrogen and oxygen atoms in total. The molecule has 0 fully saturated rings. The highest BCUT2D eigenvalue weighted by Crippen LogP contribution is 2.28. The van der Waals surface area contributed by atoms with Gasteiger partial charge in [-0.1, -0.05) is 41.5 Å². The predicted molar refractivity (Wildman–Crippen MR) is 88.8 cm³/mol. The highest BCUT2D eigenvalue weighted by molar-refractivity contribution is 5.67. The number of nitrogen functional groups attached to an aromatic ring is 1. The summed E-state index contributed by atoms with van der Waals surface area (Å²) in [5.74, 6) is 3.25. The van der Waals surface area contributed by atoms with Gasteiger partial charge in [-0.05, 0) is 18.3 Å². The van der Waals surface area contributed by atoms with Crippen LogP contribution in [0.5, 0.6) is 5.88 Å². The number of nitrogens with zero attached hydrogens (tertiary/aromatic N) is 2. The molecule has 0 amide bonds. The number of hydrogen-bond donors (Lipinski definition) is 2. The molecular formula is C16H30N4O. The summed E-state index contributed by atoms with van der Waals surface area (Å²) in [5, 5.41) is 3.31. The van der Waals surface area contributed by atoms with Crippen LogP contribution in [-0.2, 0) is 0 Å². The van der Waals surface area contributed by atoms with Gasteiger partial charge >= 0.3 is 0 Å². The summed E-state index contributed by atoms with van der Waals surface area (Å²) in [6.07, 6.45) is 1.07. The molecule has 1 heterocycles. The van der Waals surface area contributed by atoms with Gasteiger partial charge in [0.25, 0.3) is 0 Å². The lowest BCUT2D eigenvalue weighted by Gasteiger charge is -2.16. The van der Waals surface area contributed by atoms with Gasteiger partial charge in [0, 0.05) is 12.5 Å². The second kappa shape index (κ2) is 8.05. The van der Waals surface area contributed by atoms with E-state index < -0.39 is 0 Å². The Balaban J connectivity index is 2.93. The summed E-state index contributed by atoms with van der Waals surface area (Å²) < 4.78 is 5.74. The first kappa shape index (κ1) is 17.5. The molecule has 0 saturated carbocycles. The zero-order valence-corrected chi connectivity index (χ0v) is 14.2. The van der Waals surface area contributed by atoms with Gasteiger partial charge in [0.15, 0.2) is 5.82 Å². The molecule has 0 aliphatic carbocycles. The van der Waals surface area contributed by atoms with Crippen molar-refractivity contribution in [2.45, 2.75) is 53.9 Å². The minimum absolute atomic E-state index is 0.234. The quantitative estimate of drug-likeness (QED) is 0.765. The summed E-state index contributed by atoms with van der Waals surface area (Å²) in [6, 6.07) is 0. The normalized spacial score (nSPS) is 11.5. The van der Waals surface area contributed by atoms with E-state index in [1.807, 2.05) is 0 Å². The maximum Gasteiger partial charge on any atom is 0.242 e. The zero-order valence-electron chi connectivity index (χ0n) is 14.2. The third kappa shape index (κ3) is 5.78. The average molecular weight is 294 g/mol. The molecule has 0 saturated heterocycles. The maximum absolute atomic E-state index is 6.14. The molecule has 3 N–H and O–H groups in total. The molecule has 0 radical (unpaired) electrons.